The molecule has 3 nitrogen and oxygen atoms in total. The van der Waals surface area contributed by atoms with Gasteiger partial charge in [0.05, 0.1) is 16.2 Å². The SMILES string of the molecule is OC(Cc1ccc2nc(Cl)c(-c3ccccc3)c(Cl)c2c1)(c1ccccc1)c1ccccn1. The van der Waals surface area contributed by atoms with Gasteiger partial charge < -0.3 is 5.11 Å². The lowest BCUT2D eigenvalue weighted by Gasteiger charge is -2.28. The second kappa shape index (κ2) is 8.95. The molecule has 0 fully saturated rings. The van der Waals surface area contributed by atoms with Gasteiger partial charge in [-0.2, -0.15) is 0 Å². The Morgan fingerprint density at radius 1 is 0.788 bits per heavy atom. The van der Waals surface area contributed by atoms with Crippen LogP contribution in [-0.4, -0.2) is 15.1 Å². The number of nitrogens with zero attached hydrogens (tertiary/aromatic N) is 2. The van der Waals surface area contributed by atoms with Crippen molar-refractivity contribution in [1.82, 2.24) is 9.97 Å². The van der Waals surface area contributed by atoms with Crippen molar-refractivity contribution in [2.24, 2.45) is 0 Å². The highest BCUT2D eigenvalue weighted by atomic mass is 35.5. The number of aliphatic hydroxyl groups is 1. The van der Waals surface area contributed by atoms with E-state index >= 15 is 0 Å². The highest BCUT2D eigenvalue weighted by molar-refractivity contribution is 6.42. The van der Waals surface area contributed by atoms with Crippen molar-refractivity contribution < 1.29 is 5.11 Å². The van der Waals surface area contributed by atoms with E-state index in [9.17, 15) is 5.11 Å². The molecule has 0 aliphatic heterocycles. The number of halogens is 2. The summed E-state index contributed by atoms with van der Waals surface area (Å²) in [6.07, 6.45) is 2.02. The van der Waals surface area contributed by atoms with E-state index in [-0.39, 0.29) is 0 Å². The fourth-order valence-corrected chi connectivity index (χ4v) is 4.85. The Bertz CT molecular complexity index is 1370. The number of fused-ring (bicyclic) bond motifs is 1. The average molecular weight is 471 g/mol. The van der Waals surface area contributed by atoms with Crippen LogP contribution in [0.2, 0.25) is 10.2 Å². The van der Waals surface area contributed by atoms with Gasteiger partial charge >= 0.3 is 0 Å². The molecule has 33 heavy (non-hydrogen) atoms. The quantitative estimate of drug-likeness (QED) is 0.279. The molecular formula is C28H20Cl2N2O. The molecule has 2 aromatic heterocycles. The van der Waals surface area contributed by atoms with E-state index in [1.54, 1.807) is 6.20 Å². The van der Waals surface area contributed by atoms with Gasteiger partial charge in [0.2, 0.25) is 0 Å². The van der Waals surface area contributed by atoms with Gasteiger partial charge in [-0.1, -0.05) is 96.0 Å². The lowest BCUT2D eigenvalue weighted by atomic mass is 9.84. The molecular weight excluding hydrogens is 451 g/mol. The van der Waals surface area contributed by atoms with E-state index in [4.69, 9.17) is 23.2 Å². The van der Waals surface area contributed by atoms with Gasteiger partial charge in [0.25, 0.3) is 0 Å². The van der Waals surface area contributed by atoms with Crippen molar-refractivity contribution >= 4 is 34.1 Å². The Labute approximate surface area is 202 Å². The second-order valence-electron chi connectivity index (χ2n) is 7.93. The first kappa shape index (κ1) is 21.6. The van der Waals surface area contributed by atoms with Gasteiger partial charge in [-0.05, 0) is 41.0 Å². The minimum atomic E-state index is -1.30. The normalized spacial score (nSPS) is 13.1. The Morgan fingerprint density at radius 2 is 1.48 bits per heavy atom. The molecule has 162 valence electrons. The minimum absolute atomic E-state index is 0.323. The molecule has 1 unspecified atom stereocenters. The van der Waals surface area contributed by atoms with E-state index in [1.807, 2.05) is 97.1 Å². The van der Waals surface area contributed by atoms with Crippen LogP contribution in [-0.2, 0) is 12.0 Å². The summed E-state index contributed by atoms with van der Waals surface area (Å²) >= 11 is 13.4. The lowest BCUT2D eigenvalue weighted by Crippen LogP contribution is -2.31. The first-order chi connectivity index (χ1) is 16.1. The summed E-state index contributed by atoms with van der Waals surface area (Å²) < 4.78 is 0. The molecule has 1 atom stereocenters. The van der Waals surface area contributed by atoms with Gasteiger partial charge in [0, 0.05) is 23.6 Å². The largest absolute Gasteiger partial charge is 0.378 e. The van der Waals surface area contributed by atoms with Crippen LogP contribution < -0.4 is 0 Å². The number of pyridine rings is 2. The van der Waals surface area contributed by atoms with Crippen molar-refractivity contribution in [1.29, 1.82) is 0 Å². The van der Waals surface area contributed by atoms with Crippen LogP contribution in [0.4, 0.5) is 0 Å². The molecule has 5 aromatic rings. The molecule has 0 saturated carbocycles. The van der Waals surface area contributed by atoms with Crippen LogP contribution in [0.3, 0.4) is 0 Å². The zero-order valence-electron chi connectivity index (χ0n) is 17.6. The maximum absolute atomic E-state index is 11.9. The summed E-state index contributed by atoms with van der Waals surface area (Å²) in [6.45, 7) is 0. The van der Waals surface area contributed by atoms with Gasteiger partial charge in [0.15, 0.2) is 0 Å². The Hall–Kier alpha value is -3.24. The molecule has 0 aliphatic carbocycles. The molecule has 0 bridgehead atoms. The molecule has 0 amide bonds. The third kappa shape index (κ3) is 4.11. The van der Waals surface area contributed by atoms with Crippen molar-refractivity contribution in [3.8, 4) is 11.1 Å². The lowest BCUT2D eigenvalue weighted by molar-refractivity contribution is 0.0765. The van der Waals surface area contributed by atoms with Crippen molar-refractivity contribution in [3.63, 3.8) is 0 Å². The monoisotopic (exact) mass is 470 g/mol. The Kier molecular flexibility index (Phi) is 5.86. The first-order valence-corrected chi connectivity index (χ1v) is 11.3. The maximum Gasteiger partial charge on any atom is 0.139 e. The average Bonchev–Trinajstić information content (AvgIpc) is 2.86. The summed E-state index contributed by atoms with van der Waals surface area (Å²) in [6, 6.07) is 30.7. The van der Waals surface area contributed by atoms with Gasteiger partial charge in [-0.3, -0.25) is 4.98 Å². The van der Waals surface area contributed by atoms with E-state index in [1.165, 1.54) is 0 Å². The molecule has 3 aromatic carbocycles. The molecule has 5 heteroatoms. The van der Waals surface area contributed by atoms with Gasteiger partial charge in [0.1, 0.15) is 10.8 Å². The minimum Gasteiger partial charge on any atom is -0.378 e. The topological polar surface area (TPSA) is 46.0 Å². The number of hydrogen-bond donors (Lipinski definition) is 1. The van der Waals surface area contributed by atoms with E-state index < -0.39 is 5.60 Å². The van der Waals surface area contributed by atoms with Gasteiger partial charge in [-0.25, -0.2) is 4.98 Å². The summed E-state index contributed by atoms with van der Waals surface area (Å²) in [4.78, 5) is 9.04. The standard InChI is InChI=1S/C28H20Cl2N2O/c29-26-22-17-19(14-15-23(22)32-27(30)25(26)20-9-3-1-4-10-20)18-28(33,21-11-5-2-6-12-21)24-13-7-8-16-31-24/h1-17,33H,18H2. The van der Waals surface area contributed by atoms with E-state index in [0.29, 0.717) is 33.4 Å². The molecule has 0 radical (unpaired) electrons. The predicted molar refractivity (Wildman–Crippen MR) is 135 cm³/mol. The van der Waals surface area contributed by atoms with Crippen molar-refractivity contribution in [2.75, 3.05) is 0 Å². The molecule has 0 spiro atoms. The first-order valence-electron chi connectivity index (χ1n) is 10.6. The third-order valence-corrected chi connectivity index (χ3v) is 6.47. The van der Waals surface area contributed by atoms with Crippen LogP contribution in [0, 0.1) is 0 Å². The summed E-state index contributed by atoms with van der Waals surface area (Å²) in [5.41, 5.74) is 3.27. The fourth-order valence-electron chi connectivity index (χ4n) is 4.16. The smallest absolute Gasteiger partial charge is 0.139 e. The highest BCUT2D eigenvalue weighted by Gasteiger charge is 2.33. The second-order valence-corrected chi connectivity index (χ2v) is 8.66. The Morgan fingerprint density at radius 3 is 2.18 bits per heavy atom. The van der Waals surface area contributed by atoms with Crippen LogP contribution in [0.15, 0.2) is 103 Å². The fraction of sp³-hybridized carbons (Fsp3) is 0.0714. The van der Waals surface area contributed by atoms with Crippen LogP contribution in [0.5, 0.6) is 0 Å². The molecule has 1 N–H and O–H groups in total. The summed E-state index contributed by atoms with van der Waals surface area (Å²) in [5, 5.41) is 13.6. The number of benzene rings is 3. The zero-order valence-corrected chi connectivity index (χ0v) is 19.1. The molecule has 5 rings (SSSR count). The number of hydrogen-bond acceptors (Lipinski definition) is 3. The Balaban J connectivity index is 1.64. The van der Waals surface area contributed by atoms with E-state index in [0.717, 1.165) is 22.1 Å². The van der Waals surface area contributed by atoms with E-state index in [2.05, 4.69) is 9.97 Å². The van der Waals surface area contributed by atoms with Gasteiger partial charge in [-0.15, -0.1) is 0 Å². The van der Waals surface area contributed by atoms with Crippen molar-refractivity contribution in [3.05, 3.63) is 130 Å². The molecule has 0 aliphatic rings. The molecule has 2 heterocycles. The highest BCUT2D eigenvalue weighted by Crippen LogP contribution is 2.39. The van der Waals surface area contributed by atoms with Crippen LogP contribution >= 0.6 is 23.2 Å². The summed E-state index contributed by atoms with van der Waals surface area (Å²) in [7, 11) is 0. The van der Waals surface area contributed by atoms with Crippen LogP contribution in [0.25, 0.3) is 22.0 Å². The number of rotatable bonds is 5. The van der Waals surface area contributed by atoms with Crippen LogP contribution in [0.1, 0.15) is 16.8 Å². The predicted octanol–water partition coefficient (Wildman–Crippen LogP) is 7.08. The zero-order chi connectivity index (χ0) is 22.8. The summed E-state index contributed by atoms with van der Waals surface area (Å²) in [5.74, 6) is 0. The number of aromatic nitrogens is 2. The maximum atomic E-state index is 11.9. The molecule has 0 saturated heterocycles. The van der Waals surface area contributed by atoms with Crippen molar-refractivity contribution in [2.45, 2.75) is 12.0 Å². The third-order valence-electron chi connectivity index (χ3n) is 5.80.